The largest absolute Gasteiger partial charge is 0.508 e. The van der Waals surface area contributed by atoms with E-state index in [0.717, 1.165) is 24.3 Å². The zero-order chi connectivity index (χ0) is 24.1. The molecule has 1 fully saturated rings. The van der Waals surface area contributed by atoms with Gasteiger partial charge in [0.05, 0.1) is 0 Å². The molecule has 0 aliphatic carbocycles. The van der Waals surface area contributed by atoms with Crippen molar-refractivity contribution < 1.29 is 9.84 Å². The monoisotopic (exact) mass is 438 g/mol. The van der Waals surface area contributed by atoms with Gasteiger partial charge in [0, 0.05) is 0 Å². The molecule has 0 spiro atoms. The molecule has 1 N–H and O–H groups in total. The van der Waals surface area contributed by atoms with Crippen LogP contribution in [-0.2, 0) is 10.6 Å². The number of aromatic hydroxyl groups is 1. The van der Waals surface area contributed by atoms with Gasteiger partial charge in [-0.25, -0.2) is 0 Å². The van der Waals surface area contributed by atoms with E-state index in [1.54, 1.807) is 24.3 Å². The average molecular weight is 438 g/mol. The van der Waals surface area contributed by atoms with Gasteiger partial charge in [-0.2, -0.15) is 0 Å². The van der Waals surface area contributed by atoms with Crippen LogP contribution in [0.3, 0.4) is 0 Å². The number of phenols is 1. The van der Waals surface area contributed by atoms with E-state index in [0.29, 0.717) is 5.75 Å². The van der Waals surface area contributed by atoms with Crippen LogP contribution >= 0.6 is 0 Å². The van der Waals surface area contributed by atoms with Crippen molar-refractivity contribution in [3.63, 3.8) is 0 Å². The Bertz CT molecular complexity index is 993. The number of phenolic OH excluding ortho intramolecular Hbond substituents is 1. The van der Waals surface area contributed by atoms with Crippen LogP contribution in [0.4, 0.5) is 0 Å². The molecule has 4 heteroatoms. The second-order valence-electron chi connectivity index (χ2n) is 10.5. The maximum atomic E-state index is 9.42. The lowest BCUT2D eigenvalue weighted by molar-refractivity contribution is 0.464. The highest BCUT2D eigenvalue weighted by Gasteiger charge is 2.38. The third-order valence-corrected chi connectivity index (χ3v) is 5.73. The molecule has 0 unspecified atom stereocenters. The third-order valence-electron chi connectivity index (χ3n) is 5.73. The van der Waals surface area contributed by atoms with Crippen LogP contribution < -0.4 is 4.74 Å². The molecule has 33 heavy (non-hydrogen) atoms. The first-order valence-corrected chi connectivity index (χ1v) is 12.0. The van der Waals surface area contributed by atoms with Gasteiger partial charge in [0.15, 0.2) is 0 Å². The highest BCUT2D eigenvalue weighted by Crippen LogP contribution is 2.38. The SMILES string of the molecule is CC(C)(C)c1ccc(C2(c3ccc(Oc4ccc(O)cc4)cc3)[B]CC[B]2)cc1.CC(C)C. The minimum absolute atomic E-state index is 0.145. The third kappa shape index (κ3) is 6.47. The number of hydrogen-bond donors (Lipinski definition) is 1. The van der Waals surface area contributed by atoms with Gasteiger partial charge >= 0.3 is 0 Å². The number of ether oxygens (including phenoxy) is 1. The molecule has 0 bridgehead atoms. The van der Waals surface area contributed by atoms with Gasteiger partial charge in [-0.15, -0.1) is 0 Å². The zero-order valence-corrected chi connectivity index (χ0v) is 20.9. The fourth-order valence-corrected chi connectivity index (χ4v) is 4.04. The van der Waals surface area contributed by atoms with Crippen molar-refractivity contribution in [3.05, 3.63) is 89.5 Å². The summed E-state index contributed by atoms with van der Waals surface area (Å²) in [6, 6.07) is 24.2. The first-order chi connectivity index (χ1) is 15.6. The van der Waals surface area contributed by atoms with Gasteiger partial charge in [0.1, 0.15) is 31.8 Å². The van der Waals surface area contributed by atoms with E-state index < -0.39 is 0 Å². The summed E-state index contributed by atoms with van der Waals surface area (Å²) in [6.07, 6.45) is 2.18. The van der Waals surface area contributed by atoms with Crippen LogP contribution in [-0.4, -0.2) is 19.7 Å². The minimum Gasteiger partial charge on any atom is -0.508 e. The Kier molecular flexibility index (Phi) is 8.00. The molecular weight excluding hydrogens is 402 g/mol. The van der Waals surface area contributed by atoms with Crippen LogP contribution in [0.25, 0.3) is 0 Å². The molecule has 0 amide bonds. The summed E-state index contributed by atoms with van der Waals surface area (Å²) < 4.78 is 5.91. The first-order valence-electron chi connectivity index (χ1n) is 12.0. The van der Waals surface area contributed by atoms with Gasteiger partial charge in [-0.05, 0) is 58.5 Å². The predicted octanol–water partition coefficient (Wildman–Crippen LogP) is 7.60. The molecule has 4 rings (SSSR count). The van der Waals surface area contributed by atoms with E-state index in [1.165, 1.54) is 16.7 Å². The molecule has 0 atom stereocenters. The maximum absolute atomic E-state index is 9.42. The van der Waals surface area contributed by atoms with Crippen molar-refractivity contribution >= 4 is 14.6 Å². The van der Waals surface area contributed by atoms with E-state index in [-0.39, 0.29) is 16.4 Å². The van der Waals surface area contributed by atoms with Gasteiger partial charge < -0.3 is 9.84 Å². The normalized spacial score (nSPS) is 14.6. The molecule has 2 nitrogen and oxygen atoms in total. The molecule has 2 radical (unpaired) electrons. The molecule has 1 saturated heterocycles. The highest BCUT2D eigenvalue weighted by atomic mass is 16.5. The lowest BCUT2D eigenvalue weighted by Crippen LogP contribution is -2.35. The second kappa shape index (κ2) is 10.5. The van der Waals surface area contributed by atoms with Crippen molar-refractivity contribution in [3.8, 4) is 17.2 Å². The summed E-state index contributed by atoms with van der Waals surface area (Å²) in [7, 11) is 4.85. The molecule has 3 aromatic carbocycles. The fourth-order valence-electron chi connectivity index (χ4n) is 4.04. The summed E-state index contributed by atoms with van der Waals surface area (Å²) in [5, 5.41) is 9.27. The molecular formula is C29H36B2O2. The van der Waals surface area contributed by atoms with Crippen LogP contribution in [0.1, 0.15) is 58.2 Å². The van der Waals surface area contributed by atoms with Gasteiger partial charge in [-0.1, -0.05) is 102 Å². The fraction of sp³-hybridized carbons (Fsp3) is 0.379. The molecule has 3 aromatic rings. The standard InChI is InChI=1S/C25H26B2O2.C4H10/c1-24(2,3)18-4-6-19(7-5-18)25(26-16-17-27-25)20-8-12-22(13-9-20)29-23-14-10-21(28)11-15-23;1-4(2)3/h4-15,28H,16-17H2,1-3H3;4H,1-3H3. The Hall–Kier alpha value is -2.61. The van der Waals surface area contributed by atoms with Crippen LogP contribution in [0.2, 0.25) is 12.6 Å². The van der Waals surface area contributed by atoms with Crippen molar-refractivity contribution in [2.24, 2.45) is 5.92 Å². The maximum Gasteiger partial charge on any atom is 0.127 e. The summed E-state index contributed by atoms with van der Waals surface area (Å²) in [5.41, 5.74) is 4.08. The second-order valence-corrected chi connectivity index (χ2v) is 10.5. The van der Waals surface area contributed by atoms with Crippen molar-refractivity contribution in [2.45, 2.75) is 64.8 Å². The Morgan fingerprint density at radius 3 is 1.55 bits per heavy atom. The van der Waals surface area contributed by atoms with Crippen LogP contribution in [0.15, 0.2) is 72.8 Å². The Morgan fingerprint density at radius 2 is 1.12 bits per heavy atom. The van der Waals surface area contributed by atoms with Gasteiger partial charge in [-0.3, -0.25) is 0 Å². The Balaban J connectivity index is 0.000000709. The van der Waals surface area contributed by atoms with Crippen molar-refractivity contribution in [1.82, 2.24) is 0 Å². The van der Waals surface area contributed by atoms with Crippen LogP contribution in [0.5, 0.6) is 17.2 Å². The van der Waals surface area contributed by atoms with E-state index >= 15 is 0 Å². The molecule has 1 aliphatic rings. The molecule has 1 heterocycles. The van der Waals surface area contributed by atoms with Crippen molar-refractivity contribution in [2.75, 3.05) is 0 Å². The molecule has 0 saturated carbocycles. The number of benzene rings is 3. The molecule has 170 valence electrons. The molecule has 0 aromatic heterocycles. The Labute approximate surface area is 201 Å². The summed E-state index contributed by atoms with van der Waals surface area (Å²) in [5.74, 6) is 2.57. The van der Waals surface area contributed by atoms with Crippen molar-refractivity contribution in [1.29, 1.82) is 0 Å². The van der Waals surface area contributed by atoms with Gasteiger partial charge in [0.25, 0.3) is 0 Å². The zero-order valence-electron chi connectivity index (χ0n) is 20.9. The predicted molar refractivity (Wildman–Crippen MR) is 142 cm³/mol. The average Bonchev–Trinajstić information content (AvgIpc) is 3.26. The summed E-state index contributed by atoms with van der Waals surface area (Å²) in [6.45, 7) is 13.2. The van der Waals surface area contributed by atoms with E-state index in [1.807, 2.05) is 12.1 Å². The highest BCUT2D eigenvalue weighted by molar-refractivity contribution is 6.68. The topological polar surface area (TPSA) is 29.5 Å². The van der Waals surface area contributed by atoms with E-state index in [9.17, 15) is 5.11 Å². The smallest absolute Gasteiger partial charge is 0.127 e. The van der Waals surface area contributed by atoms with E-state index in [4.69, 9.17) is 4.74 Å². The van der Waals surface area contributed by atoms with Crippen LogP contribution in [0, 0.1) is 5.92 Å². The number of rotatable bonds is 4. The Morgan fingerprint density at radius 1 is 0.727 bits per heavy atom. The van der Waals surface area contributed by atoms with Gasteiger partial charge in [0.2, 0.25) is 0 Å². The molecule has 1 aliphatic heterocycles. The lowest BCUT2D eigenvalue weighted by Gasteiger charge is -2.31. The lowest BCUT2D eigenvalue weighted by atomic mass is 9.36. The summed E-state index contributed by atoms with van der Waals surface area (Å²) >= 11 is 0. The van der Waals surface area contributed by atoms with E-state index in [2.05, 4.69) is 92.5 Å². The minimum atomic E-state index is -0.145. The number of hydrogen-bond acceptors (Lipinski definition) is 2. The summed E-state index contributed by atoms with van der Waals surface area (Å²) in [4.78, 5) is 0. The quantitative estimate of drug-likeness (QED) is 0.425. The first kappa shape index (κ1) is 25.0.